The summed E-state index contributed by atoms with van der Waals surface area (Å²) in [6, 6.07) is 10.4. The molecule has 140 valence electrons. The van der Waals surface area contributed by atoms with E-state index >= 15 is 0 Å². The maximum atomic E-state index is 12.9. The van der Waals surface area contributed by atoms with Crippen LogP contribution in [0.3, 0.4) is 0 Å². The highest BCUT2D eigenvalue weighted by Gasteiger charge is 2.29. The minimum absolute atomic E-state index is 0. The zero-order valence-corrected chi connectivity index (χ0v) is 16.1. The molecule has 1 fully saturated rings. The SMILES string of the molecule is Cl.Cn1nc(-c2ccccc2)c2c1CCN(C(=O)C1CCCNC1)CC2. The Hall–Kier alpha value is -1.85. The van der Waals surface area contributed by atoms with Crippen molar-refractivity contribution in [2.75, 3.05) is 26.2 Å². The summed E-state index contributed by atoms with van der Waals surface area (Å²) in [5.41, 5.74) is 4.82. The van der Waals surface area contributed by atoms with Crippen molar-refractivity contribution in [2.24, 2.45) is 13.0 Å². The summed E-state index contributed by atoms with van der Waals surface area (Å²) < 4.78 is 2.01. The minimum atomic E-state index is 0. The first kappa shape index (κ1) is 18.9. The molecule has 0 aliphatic carbocycles. The molecule has 26 heavy (non-hydrogen) atoms. The lowest BCUT2D eigenvalue weighted by Crippen LogP contribution is -2.44. The molecule has 2 aromatic rings. The highest BCUT2D eigenvalue weighted by atomic mass is 35.5. The third-order valence-electron chi connectivity index (χ3n) is 5.53. The fourth-order valence-electron chi connectivity index (χ4n) is 4.15. The molecule has 0 radical (unpaired) electrons. The van der Waals surface area contributed by atoms with Crippen molar-refractivity contribution in [1.29, 1.82) is 0 Å². The van der Waals surface area contributed by atoms with Gasteiger partial charge >= 0.3 is 0 Å². The molecule has 6 heteroatoms. The minimum Gasteiger partial charge on any atom is -0.342 e. The van der Waals surface area contributed by atoms with Crippen molar-refractivity contribution < 1.29 is 4.79 Å². The number of benzene rings is 1. The van der Waals surface area contributed by atoms with Crippen LogP contribution >= 0.6 is 12.4 Å². The first-order chi connectivity index (χ1) is 12.2. The van der Waals surface area contributed by atoms with Gasteiger partial charge in [-0.1, -0.05) is 30.3 Å². The predicted octanol–water partition coefficient (Wildman–Crippen LogP) is 2.44. The highest BCUT2D eigenvalue weighted by Crippen LogP contribution is 2.28. The average Bonchev–Trinajstić information content (AvgIpc) is 2.84. The number of aryl methyl sites for hydroxylation is 1. The second-order valence-corrected chi connectivity index (χ2v) is 7.13. The number of fused-ring (bicyclic) bond motifs is 1. The highest BCUT2D eigenvalue weighted by molar-refractivity contribution is 5.85. The van der Waals surface area contributed by atoms with E-state index in [1.54, 1.807) is 0 Å². The van der Waals surface area contributed by atoms with Crippen LogP contribution in [-0.4, -0.2) is 46.8 Å². The van der Waals surface area contributed by atoms with Crippen LogP contribution in [0.5, 0.6) is 0 Å². The summed E-state index contributed by atoms with van der Waals surface area (Å²) in [6.07, 6.45) is 3.90. The average molecular weight is 375 g/mol. The van der Waals surface area contributed by atoms with Crippen LogP contribution in [-0.2, 0) is 24.7 Å². The molecule has 1 saturated heterocycles. The number of nitrogens with zero attached hydrogens (tertiary/aromatic N) is 3. The van der Waals surface area contributed by atoms with Gasteiger partial charge in [-0.3, -0.25) is 9.48 Å². The second kappa shape index (κ2) is 8.23. The topological polar surface area (TPSA) is 50.2 Å². The molecule has 1 aromatic carbocycles. The standard InChI is InChI=1S/C20H26N4O.ClH/c1-23-18-10-13-24(20(25)16-8-5-11-21-14-16)12-9-17(18)19(22-23)15-6-3-2-4-7-15;/h2-4,6-7,16,21H,5,8-14H2,1H3;1H. The van der Waals surface area contributed by atoms with Crippen LogP contribution < -0.4 is 5.32 Å². The molecule has 1 atom stereocenters. The summed E-state index contributed by atoms with van der Waals surface area (Å²) in [6.45, 7) is 3.48. The Bertz CT molecular complexity index is 753. The Kier molecular flexibility index (Phi) is 5.99. The molecule has 2 aliphatic heterocycles. The summed E-state index contributed by atoms with van der Waals surface area (Å²) in [5.74, 6) is 0.482. The summed E-state index contributed by atoms with van der Waals surface area (Å²) in [5, 5.41) is 8.13. The number of hydrogen-bond donors (Lipinski definition) is 1. The van der Waals surface area contributed by atoms with E-state index in [0.717, 1.165) is 63.1 Å². The van der Waals surface area contributed by atoms with Gasteiger partial charge in [-0.25, -0.2) is 0 Å². The Morgan fingerprint density at radius 1 is 1.19 bits per heavy atom. The van der Waals surface area contributed by atoms with E-state index in [-0.39, 0.29) is 18.3 Å². The number of halogens is 1. The van der Waals surface area contributed by atoms with Crippen LogP contribution in [0.15, 0.2) is 30.3 Å². The van der Waals surface area contributed by atoms with Gasteiger partial charge in [-0.15, -0.1) is 12.4 Å². The van der Waals surface area contributed by atoms with Gasteiger partial charge in [0.25, 0.3) is 0 Å². The molecule has 1 aromatic heterocycles. The second-order valence-electron chi connectivity index (χ2n) is 7.13. The zero-order valence-electron chi connectivity index (χ0n) is 15.3. The maximum absolute atomic E-state index is 12.9. The maximum Gasteiger partial charge on any atom is 0.226 e. The summed E-state index contributed by atoms with van der Waals surface area (Å²) >= 11 is 0. The Labute approximate surface area is 161 Å². The molecule has 1 unspecified atom stereocenters. The predicted molar refractivity (Wildman–Crippen MR) is 105 cm³/mol. The van der Waals surface area contributed by atoms with Gasteiger partial charge in [0.2, 0.25) is 5.91 Å². The van der Waals surface area contributed by atoms with Crippen molar-refractivity contribution >= 4 is 18.3 Å². The third kappa shape index (κ3) is 3.64. The lowest BCUT2D eigenvalue weighted by molar-refractivity contribution is -0.136. The number of piperidine rings is 1. The molecule has 1 amide bonds. The van der Waals surface area contributed by atoms with Gasteiger partial charge in [0.05, 0.1) is 11.6 Å². The van der Waals surface area contributed by atoms with Crippen molar-refractivity contribution in [3.63, 3.8) is 0 Å². The van der Waals surface area contributed by atoms with E-state index in [0.29, 0.717) is 5.91 Å². The first-order valence-electron chi connectivity index (χ1n) is 9.33. The number of amides is 1. The van der Waals surface area contributed by atoms with Crippen LogP contribution in [0, 0.1) is 5.92 Å². The Balaban J connectivity index is 0.00000196. The fourth-order valence-corrected chi connectivity index (χ4v) is 4.15. The van der Waals surface area contributed by atoms with Crippen LogP contribution in [0.25, 0.3) is 11.3 Å². The van der Waals surface area contributed by atoms with Crippen molar-refractivity contribution in [1.82, 2.24) is 20.0 Å². The quantitative estimate of drug-likeness (QED) is 0.878. The molecule has 0 spiro atoms. The third-order valence-corrected chi connectivity index (χ3v) is 5.53. The molecular weight excluding hydrogens is 348 g/mol. The normalized spacial score (nSPS) is 20.0. The summed E-state index contributed by atoms with van der Waals surface area (Å²) in [4.78, 5) is 15.0. The Morgan fingerprint density at radius 2 is 1.96 bits per heavy atom. The van der Waals surface area contributed by atoms with E-state index in [1.165, 1.54) is 11.3 Å². The van der Waals surface area contributed by atoms with Gasteiger partial charge in [0, 0.05) is 49.9 Å². The largest absolute Gasteiger partial charge is 0.342 e. The fraction of sp³-hybridized carbons (Fsp3) is 0.500. The van der Waals surface area contributed by atoms with Crippen molar-refractivity contribution in [3.05, 3.63) is 41.6 Å². The number of carbonyl (C=O) groups is 1. The number of aromatic nitrogens is 2. The van der Waals surface area contributed by atoms with E-state index in [4.69, 9.17) is 5.10 Å². The number of hydrogen-bond acceptors (Lipinski definition) is 3. The zero-order chi connectivity index (χ0) is 17.2. The smallest absolute Gasteiger partial charge is 0.226 e. The monoisotopic (exact) mass is 374 g/mol. The Morgan fingerprint density at radius 3 is 2.69 bits per heavy atom. The van der Waals surface area contributed by atoms with Gasteiger partial charge in [-0.05, 0) is 25.8 Å². The van der Waals surface area contributed by atoms with Crippen LogP contribution in [0.1, 0.15) is 24.1 Å². The number of carbonyl (C=O) groups excluding carboxylic acids is 1. The van der Waals surface area contributed by atoms with Gasteiger partial charge in [0.15, 0.2) is 0 Å². The van der Waals surface area contributed by atoms with Crippen molar-refractivity contribution in [2.45, 2.75) is 25.7 Å². The van der Waals surface area contributed by atoms with Gasteiger partial charge in [0.1, 0.15) is 0 Å². The van der Waals surface area contributed by atoms with Crippen molar-refractivity contribution in [3.8, 4) is 11.3 Å². The molecule has 4 rings (SSSR count). The van der Waals surface area contributed by atoms with E-state index in [1.807, 2.05) is 17.8 Å². The molecule has 1 N–H and O–H groups in total. The molecule has 3 heterocycles. The number of rotatable bonds is 2. The van der Waals surface area contributed by atoms with E-state index < -0.39 is 0 Å². The molecule has 5 nitrogen and oxygen atoms in total. The number of nitrogens with one attached hydrogen (secondary N) is 1. The molecule has 2 aliphatic rings. The lowest BCUT2D eigenvalue weighted by atomic mass is 9.98. The first-order valence-corrected chi connectivity index (χ1v) is 9.33. The molecule has 0 bridgehead atoms. The van der Waals surface area contributed by atoms with Crippen LogP contribution in [0.2, 0.25) is 0 Å². The lowest BCUT2D eigenvalue weighted by Gasteiger charge is -2.28. The van der Waals surface area contributed by atoms with Gasteiger partial charge in [-0.2, -0.15) is 5.10 Å². The summed E-state index contributed by atoms with van der Waals surface area (Å²) in [7, 11) is 2.02. The molecular formula is C20H27ClN4O. The van der Waals surface area contributed by atoms with E-state index in [2.05, 4.69) is 34.5 Å². The van der Waals surface area contributed by atoms with E-state index in [9.17, 15) is 4.79 Å². The van der Waals surface area contributed by atoms with Gasteiger partial charge < -0.3 is 10.2 Å². The molecule has 0 saturated carbocycles. The van der Waals surface area contributed by atoms with Crippen LogP contribution in [0.4, 0.5) is 0 Å².